The Morgan fingerprint density at radius 1 is 1.11 bits per heavy atom. The van der Waals surface area contributed by atoms with Crippen LogP contribution in [0.2, 0.25) is 5.02 Å². The number of benzene rings is 2. The standard InChI is InChI=1S/C17H20ClN/c1-11-7-8-12(2)14(9-11)10-17(19)15-5-4-6-16(18)13(15)3/h4-9,17H,10,19H2,1-3H3. The molecule has 0 heterocycles. The first-order valence-electron chi connectivity index (χ1n) is 6.55. The molecule has 2 N–H and O–H groups in total. The van der Waals surface area contributed by atoms with Crippen LogP contribution < -0.4 is 5.73 Å². The van der Waals surface area contributed by atoms with E-state index in [0.717, 1.165) is 22.6 Å². The van der Waals surface area contributed by atoms with E-state index in [1.54, 1.807) is 0 Å². The first-order valence-corrected chi connectivity index (χ1v) is 6.93. The predicted octanol–water partition coefficient (Wildman–Crippen LogP) is 4.51. The second-order valence-corrected chi connectivity index (χ2v) is 5.60. The average Bonchev–Trinajstić information content (AvgIpc) is 2.37. The Bertz CT molecular complexity index is 590. The molecule has 0 bridgehead atoms. The minimum atomic E-state index is -0.0146. The summed E-state index contributed by atoms with van der Waals surface area (Å²) in [5.41, 5.74) is 12.5. The Morgan fingerprint density at radius 2 is 1.84 bits per heavy atom. The van der Waals surface area contributed by atoms with Crippen LogP contribution in [0.5, 0.6) is 0 Å². The zero-order valence-corrected chi connectivity index (χ0v) is 12.5. The van der Waals surface area contributed by atoms with E-state index in [4.69, 9.17) is 17.3 Å². The Kier molecular flexibility index (Phi) is 4.28. The van der Waals surface area contributed by atoms with Crippen molar-refractivity contribution in [3.8, 4) is 0 Å². The van der Waals surface area contributed by atoms with Gasteiger partial charge in [-0.05, 0) is 55.5 Å². The van der Waals surface area contributed by atoms with E-state index in [1.165, 1.54) is 16.7 Å². The third-order valence-corrected chi connectivity index (χ3v) is 4.06. The summed E-state index contributed by atoms with van der Waals surface area (Å²) in [6, 6.07) is 12.4. The van der Waals surface area contributed by atoms with Crippen molar-refractivity contribution in [3.05, 3.63) is 69.2 Å². The fraction of sp³-hybridized carbons (Fsp3) is 0.294. The van der Waals surface area contributed by atoms with Crippen molar-refractivity contribution in [1.29, 1.82) is 0 Å². The molecule has 2 aromatic rings. The zero-order valence-electron chi connectivity index (χ0n) is 11.7. The van der Waals surface area contributed by atoms with Crippen molar-refractivity contribution in [3.63, 3.8) is 0 Å². The van der Waals surface area contributed by atoms with Gasteiger partial charge < -0.3 is 5.73 Å². The maximum Gasteiger partial charge on any atom is 0.0438 e. The number of halogens is 1. The van der Waals surface area contributed by atoms with Crippen molar-refractivity contribution < 1.29 is 0 Å². The summed E-state index contributed by atoms with van der Waals surface area (Å²) in [6.45, 7) is 6.27. The maximum atomic E-state index is 6.36. The highest BCUT2D eigenvalue weighted by atomic mass is 35.5. The van der Waals surface area contributed by atoms with E-state index in [0.29, 0.717) is 0 Å². The molecule has 0 aromatic heterocycles. The highest BCUT2D eigenvalue weighted by Crippen LogP contribution is 2.26. The molecule has 0 aliphatic heterocycles. The summed E-state index contributed by atoms with van der Waals surface area (Å²) in [6.07, 6.45) is 0.842. The second-order valence-electron chi connectivity index (χ2n) is 5.19. The van der Waals surface area contributed by atoms with Crippen LogP contribution in [-0.2, 0) is 6.42 Å². The molecule has 0 radical (unpaired) electrons. The number of aryl methyl sites for hydroxylation is 2. The monoisotopic (exact) mass is 273 g/mol. The summed E-state index contributed by atoms with van der Waals surface area (Å²) in [7, 11) is 0. The lowest BCUT2D eigenvalue weighted by Crippen LogP contribution is -2.15. The molecular formula is C17H20ClN. The van der Waals surface area contributed by atoms with Crippen LogP contribution in [-0.4, -0.2) is 0 Å². The fourth-order valence-electron chi connectivity index (χ4n) is 2.39. The van der Waals surface area contributed by atoms with Gasteiger partial charge in [0.1, 0.15) is 0 Å². The number of hydrogen-bond donors (Lipinski definition) is 1. The molecule has 1 unspecified atom stereocenters. The maximum absolute atomic E-state index is 6.36. The average molecular weight is 274 g/mol. The summed E-state index contributed by atoms with van der Waals surface area (Å²) in [5, 5.41) is 0.786. The molecule has 1 nitrogen and oxygen atoms in total. The normalized spacial score (nSPS) is 12.5. The van der Waals surface area contributed by atoms with Crippen LogP contribution in [0, 0.1) is 20.8 Å². The van der Waals surface area contributed by atoms with Gasteiger partial charge in [0.05, 0.1) is 0 Å². The summed E-state index contributed by atoms with van der Waals surface area (Å²) in [5.74, 6) is 0. The quantitative estimate of drug-likeness (QED) is 0.875. The number of hydrogen-bond acceptors (Lipinski definition) is 1. The molecule has 0 saturated heterocycles. The van der Waals surface area contributed by atoms with Crippen LogP contribution in [0.4, 0.5) is 0 Å². The lowest BCUT2D eigenvalue weighted by atomic mass is 9.93. The van der Waals surface area contributed by atoms with Crippen molar-refractivity contribution >= 4 is 11.6 Å². The van der Waals surface area contributed by atoms with Gasteiger partial charge in [-0.1, -0.05) is 47.5 Å². The van der Waals surface area contributed by atoms with Gasteiger partial charge in [-0.15, -0.1) is 0 Å². The summed E-state index contributed by atoms with van der Waals surface area (Å²) in [4.78, 5) is 0. The van der Waals surface area contributed by atoms with Gasteiger partial charge in [0.2, 0.25) is 0 Å². The third kappa shape index (κ3) is 3.17. The zero-order chi connectivity index (χ0) is 14.0. The minimum absolute atomic E-state index is 0.0146. The third-order valence-electron chi connectivity index (χ3n) is 3.65. The highest BCUT2D eigenvalue weighted by Gasteiger charge is 2.12. The SMILES string of the molecule is Cc1ccc(C)c(CC(N)c2cccc(Cl)c2C)c1. The molecule has 0 saturated carbocycles. The molecule has 2 heteroatoms. The van der Waals surface area contributed by atoms with Gasteiger partial charge in [-0.25, -0.2) is 0 Å². The van der Waals surface area contributed by atoms with Crippen LogP contribution in [0.1, 0.15) is 33.9 Å². The van der Waals surface area contributed by atoms with Crippen molar-refractivity contribution in [1.82, 2.24) is 0 Å². The van der Waals surface area contributed by atoms with Crippen molar-refractivity contribution in [2.75, 3.05) is 0 Å². The fourth-order valence-corrected chi connectivity index (χ4v) is 2.57. The van der Waals surface area contributed by atoms with Gasteiger partial charge in [0.15, 0.2) is 0 Å². The van der Waals surface area contributed by atoms with Crippen molar-refractivity contribution in [2.24, 2.45) is 5.73 Å². The van der Waals surface area contributed by atoms with Gasteiger partial charge >= 0.3 is 0 Å². The van der Waals surface area contributed by atoms with Gasteiger partial charge in [0.25, 0.3) is 0 Å². The van der Waals surface area contributed by atoms with Crippen LogP contribution in [0.15, 0.2) is 36.4 Å². The van der Waals surface area contributed by atoms with Gasteiger partial charge in [-0.3, -0.25) is 0 Å². The number of nitrogens with two attached hydrogens (primary N) is 1. The first kappa shape index (κ1) is 14.1. The van der Waals surface area contributed by atoms with Crippen LogP contribution in [0.25, 0.3) is 0 Å². The molecule has 0 fully saturated rings. The minimum Gasteiger partial charge on any atom is -0.324 e. The number of rotatable bonds is 3. The molecule has 0 aliphatic rings. The van der Waals surface area contributed by atoms with E-state index in [2.05, 4.69) is 38.1 Å². The second kappa shape index (κ2) is 5.77. The largest absolute Gasteiger partial charge is 0.324 e. The molecule has 2 aromatic carbocycles. The first-order chi connectivity index (χ1) is 8.99. The molecule has 1 atom stereocenters. The molecule has 0 amide bonds. The highest BCUT2D eigenvalue weighted by molar-refractivity contribution is 6.31. The Balaban J connectivity index is 2.28. The molecular weight excluding hydrogens is 254 g/mol. The van der Waals surface area contributed by atoms with Crippen molar-refractivity contribution in [2.45, 2.75) is 33.2 Å². The summed E-state index contributed by atoms with van der Waals surface area (Å²) >= 11 is 6.16. The van der Waals surface area contributed by atoms with Crippen LogP contribution >= 0.6 is 11.6 Å². The molecule has 2 rings (SSSR count). The Morgan fingerprint density at radius 3 is 2.58 bits per heavy atom. The molecule has 0 aliphatic carbocycles. The Labute approximate surface area is 120 Å². The van der Waals surface area contributed by atoms with E-state index in [9.17, 15) is 0 Å². The lowest BCUT2D eigenvalue weighted by molar-refractivity contribution is 0.713. The van der Waals surface area contributed by atoms with E-state index in [1.807, 2.05) is 19.1 Å². The van der Waals surface area contributed by atoms with Gasteiger partial charge in [-0.2, -0.15) is 0 Å². The smallest absolute Gasteiger partial charge is 0.0438 e. The van der Waals surface area contributed by atoms with E-state index in [-0.39, 0.29) is 6.04 Å². The molecule has 19 heavy (non-hydrogen) atoms. The topological polar surface area (TPSA) is 26.0 Å². The molecule has 0 spiro atoms. The lowest BCUT2D eigenvalue weighted by Gasteiger charge is -2.17. The van der Waals surface area contributed by atoms with Gasteiger partial charge in [0, 0.05) is 11.1 Å². The van der Waals surface area contributed by atoms with Crippen LogP contribution in [0.3, 0.4) is 0 Å². The van der Waals surface area contributed by atoms with E-state index >= 15 is 0 Å². The predicted molar refractivity (Wildman–Crippen MR) is 82.7 cm³/mol. The molecule has 100 valence electrons. The van der Waals surface area contributed by atoms with E-state index < -0.39 is 0 Å². The Hall–Kier alpha value is -1.31. The summed E-state index contributed by atoms with van der Waals surface area (Å²) < 4.78 is 0.